The van der Waals surface area contributed by atoms with Crippen molar-refractivity contribution in [3.8, 4) is 5.75 Å². The molecular weight excluding hydrogens is 314 g/mol. The first-order chi connectivity index (χ1) is 9.56. The zero-order valence-corrected chi connectivity index (χ0v) is 13.9. The number of rotatable bonds is 4. The van der Waals surface area contributed by atoms with Crippen LogP contribution in [0.4, 0.5) is 0 Å². The van der Waals surface area contributed by atoms with E-state index in [-0.39, 0.29) is 6.04 Å². The highest BCUT2D eigenvalue weighted by Gasteiger charge is 2.17. The maximum atomic E-state index is 5.28. The molecule has 2 rings (SSSR count). The Balaban J connectivity index is 2.49. The van der Waals surface area contributed by atoms with E-state index in [9.17, 15) is 0 Å². The van der Waals surface area contributed by atoms with Gasteiger partial charge in [-0.25, -0.2) is 0 Å². The number of aryl methyl sites for hydroxylation is 2. The Bertz CT molecular complexity index is 610. The molecule has 0 saturated carbocycles. The molecule has 0 amide bonds. The van der Waals surface area contributed by atoms with Crippen LogP contribution in [0.25, 0.3) is 0 Å². The van der Waals surface area contributed by atoms with Crippen molar-refractivity contribution in [1.82, 2.24) is 5.32 Å². The summed E-state index contributed by atoms with van der Waals surface area (Å²) in [7, 11) is 3.69. The van der Waals surface area contributed by atoms with E-state index in [1.54, 1.807) is 7.11 Å². The summed E-state index contributed by atoms with van der Waals surface area (Å²) in [6.07, 6.45) is 0. The summed E-state index contributed by atoms with van der Waals surface area (Å²) in [6.45, 7) is 4.26. The molecule has 2 aromatic carbocycles. The second kappa shape index (κ2) is 6.42. The largest absolute Gasteiger partial charge is 0.497 e. The van der Waals surface area contributed by atoms with Gasteiger partial charge in [0, 0.05) is 4.47 Å². The average Bonchev–Trinajstić information content (AvgIpc) is 2.44. The lowest BCUT2D eigenvalue weighted by atomic mass is 9.92. The van der Waals surface area contributed by atoms with Crippen molar-refractivity contribution in [2.75, 3.05) is 14.2 Å². The lowest BCUT2D eigenvalue weighted by Gasteiger charge is -2.22. The van der Waals surface area contributed by atoms with E-state index in [1.807, 2.05) is 13.1 Å². The van der Waals surface area contributed by atoms with Crippen molar-refractivity contribution < 1.29 is 4.74 Å². The fraction of sp³-hybridized carbons (Fsp3) is 0.294. The number of methoxy groups -OCH3 is 1. The van der Waals surface area contributed by atoms with E-state index in [4.69, 9.17) is 4.74 Å². The van der Waals surface area contributed by atoms with E-state index in [0.717, 1.165) is 10.2 Å². The van der Waals surface area contributed by atoms with Crippen LogP contribution in [0.5, 0.6) is 5.75 Å². The third kappa shape index (κ3) is 3.05. The first kappa shape index (κ1) is 15.1. The van der Waals surface area contributed by atoms with Crippen LogP contribution in [0.2, 0.25) is 0 Å². The van der Waals surface area contributed by atoms with E-state index in [1.165, 1.54) is 22.3 Å². The van der Waals surface area contributed by atoms with Crippen LogP contribution in [0.1, 0.15) is 28.3 Å². The van der Waals surface area contributed by atoms with Gasteiger partial charge in [0.2, 0.25) is 0 Å². The molecule has 2 aromatic rings. The predicted molar refractivity (Wildman–Crippen MR) is 87.5 cm³/mol. The minimum absolute atomic E-state index is 0.179. The van der Waals surface area contributed by atoms with E-state index < -0.39 is 0 Å². The number of hydrogen-bond acceptors (Lipinski definition) is 2. The van der Waals surface area contributed by atoms with Gasteiger partial charge >= 0.3 is 0 Å². The Morgan fingerprint density at radius 2 is 1.75 bits per heavy atom. The fourth-order valence-electron chi connectivity index (χ4n) is 2.50. The highest BCUT2D eigenvalue weighted by Crippen LogP contribution is 2.30. The molecule has 0 aliphatic rings. The van der Waals surface area contributed by atoms with Crippen molar-refractivity contribution in [2.45, 2.75) is 19.9 Å². The Labute approximate surface area is 129 Å². The van der Waals surface area contributed by atoms with Gasteiger partial charge in [0.25, 0.3) is 0 Å². The maximum Gasteiger partial charge on any atom is 0.119 e. The Morgan fingerprint density at radius 3 is 2.35 bits per heavy atom. The zero-order chi connectivity index (χ0) is 14.7. The molecule has 1 atom stereocenters. The summed E-state index contributed by atoms with van der Waals surface area (Å²) in [4.78, 5) is 0. The molecule has 20 heavy (non-hydrogen) atoms. The van der Waals surface area contributed by atoms with Gasteiger partial charge < -0.3 is 10.1 Å². The van der Waals surface area contributed by atoms with Gasteiger partial charge in [0.1, 0.15) is 5.75 Å². The zero-order valence-electron chi connectivity index (χ0n) is 12.3. The summed E-state index contributed by atoms with van der Waals surface area (Å²) in [5.41, 5.74) is 5.07. The van der Waals surface area contributed by atoms with Gasteiger partial charge in [-0.2, -0.15) is 0 Å². The van der Waals surface area contributed by atoms with Crippen molar-refractivity contribution in [2.24, 2.45) is 0 Å². The van der Waals surface area contributed by atoms with Crippen LogP contribution in [0, 0.1) is 13.8 Å². The SMILES string of the molecule is CNC(c1ccc(OC)cc1C)c1cc(Br)ccc1C. The second-order valence-corrected chi connectivity index (χ2v) is 5.86. The first-order valence-corrected chi connectivity index (χ1v) is 7.44. The molecule has 0 bridgehead atoms. The van der Waals surface area contributed by atoms with E-state index >= 15 is 0 Å². The summed E-state index contributed by atoms with van der Waals surface area (Å²) < 4.78 is 6.39. The van der Waals surface area contributed by atoms with Crippen molar-refractivity contribution in [3.05, 3.63) is 63.1 Å². The van der Waals surface area contributed by atoms with Gasteiger partial charge in [0.05, 0.1) is 13.2 Å². The predicted octanol–water partition coefficient (Wildman–Crippen LogP) is 4.38. The lowest BCUT2D eigenvalue weighted by Crippen LogP contribution is -2.19. The van der Waals surface area contributed by atoms with Crippen molar-refractivity contribution >= 4 is 15.9 Å². The third-order valence-corrected chi connectivity index (χ3v) is 4.12. The monoisotopic (exact) mass is 333 g/mol. The summed E-state index contributed by atoms with van der Waals surface area (Å²) in [5, 5.41) is 3.42. The Hall–Kier alpha value is -1.32. The quantitative estimate of drug-likeness (QED) is 0.896. The minimum atomic E-state index is 0.179. The van der Waals surface area contributed by atoms with Gasteiger partial charge in [-0.3, -0.25) is 0 Å². The molecule has 106 valence electrons. The standard InChI is InChI=1S/C17H20BrNO/c1-11-5-6-13(18)10-16(11)17(19-3)15-8-7-14(20-4)9-12(15)2/h5-10,17,19H,1-4H3. The van der Waals surface area contributed by atoms with Crippen LogP contribution < -0.4 is 10.1 Å². The molecule has 0 aliphatic carbocycles. The highest BCUT2D eigenvalue weighted by molar-refractivity contribution is 9.10. The van der Waals surface area contributed by atoms with Crippen molar-refractivity contribution in [3.63, 3.8) is 0 Å². The second-order valence-electron chi connectivity index (χ2n) is 4.95. The molecule has 0 saturated heterocycles. The fourth-order valence-corrected chi connectivity index (χ4v) is 2.88. The van der Waals surface area contributed by atoms with Crippen LogP contribution in [-0.2, 0) is 0 Å². The van der Waals surface area contributed by atoms with Gasteiger partial charge in [0.15, 0.2) is 0 Å². The first-order valence-electron chi connectivity index (χ1n) is 6.64. The number of ether oxygens (including phenoxy) is 1. The van der Waals surface area contributed by atoms with Gasteiger partial charge in [-0.05, 0) is 67.4 Å². The van der Waals surface area contributed by atoms with Crippen LogP contribution >= 0.6 is 15.9 Å². The molecule has 1 N–H and O–H groups in total. The summed E-state index contributed by atoms with van der Waals surface area (Å²) >= 11 is 3.56. The normalized spacial score (nSPS) is 12.2. The molecule has 0 heterocycles. The van der Waals surface area contributed by atoms with Crippen LogP contribution in [-0.4, -0.2) is 14.2 Å². The smallest absolute Gasteiger partial charge is 0.119 e. The lowest BCUT2D eigenvalue weighted by molar-refractivity contribution is 0.414. The number of nitrogens with one attached hydrogen (secondary N) is 1. The molecule has 0 radical (unpaired) electrons. The molecule has 1 unspecified atom stereocenters. The molecule has 0 fully saturated rings. The molecular formula is C17H20BrNO. The molecule has 3 heteroatoms. The third-order valence-electron chi connectivity index (χ3n) is 3.63. The molecule has 0 spiro atoms. The Morgan fingerprint density at radius 1 is 1.00 bits per heavy atom. The van der Waals surface area contributed by atoms with Gasteiger partial charge in [-0.1, -0.05) is 28.1 Å². The number of benzene rings is 2. The molecule has 2 nitrogen and oxygen atoms in total. The van der Waals surface area contributed by atoms with Crippen LogP contribution in [0.15, 0.2) is 40.9 Å². The summed E-state index contributed by atoms with van der Waals surface area (Å²) in [6, 6.07) is 12.8. The van der Waals surface area contributed by atoms with E-state index in [0.29, 0.717) is 0 Å². The topological polar surface area (TPSA) is 21.3 Å². The van der Waals surface area contributed by atoms with Crippen molar-refractivity contribution in [1.29, 1.82) is 0 Å². The van der Waals surface area contributed by atoms with Gasteiger partial charge in [-0.15, -0.1) is 0 Å². The highest BCUT2D eigenvalue weighted by atomic mass is 79.9. The number of halogens is 1. The van der Waals surface area contributed by atoms with E-state index in [2.05, 4.69) is 65.4 Å². The van der Waals surface area contributed by atoms with Crippen LogP contribution in [0.3, 0.4) is 0 Å². The average molecular weight is 334 g/mol. The maximum absolute atomic E-state index is 5.28. The number of hydrogen-bond donors (Lipinski definition) is 1. The minimum Gasteiger partial charge on any atom is -0.497 e. The molecule has 0 aromatic heterocycles. The Kier molecular flexibility index (Phi) is 4.84. The molecule has 0 aliphatic heterocycles. The summed E-state index contributed by atoms with van der Waals surface area (Å²) in [5.74, 6) is 0.895.